The van der Waals surface area contributed by atoms with Gasteiger partial charge in [-0.05, 0) is 0 Å². The van der Waals surface area contributed by atoms with Gasteiger partial charge in [-0.2, -0.15) is 114 Å². The Hall–Kier alpha value is -2.68. The first-order valence-corrected chi connectivity index (χ1v) is 9.87. The van der Waals surface area contributed by atoms with Crippen LogP contribution in [0.15, 0.2) is 12.7 Å². The highest BCUT2D eigenvalue weighted by Crippen LogP contribution is 2.68. The number of alkyl halides is 27. The first-order valence-electron chi connectivity index (χ1n) is 9.87. The molecule has 0 aromatic rings. The molecule has 0 amide bonds. The van der Waals surface area contributed by atoms with Gasteiger partial charge < -0.3 is 4.74 Å². The van der Waals surface area contributed by atoms with Crippen LogP contribution in [0.1, 0.15) is 0 Å². The average Bonchev–Trinajstić information content (AvgIpc) is 2.85. The van der Waals surface area contributed by atoms with Crippen molar-refractivity contribution in [3.05, 3.63) is 12.7 Å². The van der Waals surface area contributed by atoms with Crippen LogP contribution in [0.4, 0.5) is 119 Å². The molecular formula is C17H5F27O2. The van der Waals surface area contributed by atoms with Gasteiger partial charge >= 0.3 is 77.3 Å². The van der Waals surface area contributed by atoms with Crippen molar-refractivity contribution < 1.29 is 128 Å². The second-order valence-electron chi connectivity index (χ2n) is 8.26. The van der Waals surface area contributed by atoms with Crippen molar-refractivity contribution in [1.29, 1.82) is 0 Å². The van der Waals surface area contributed by atoms with Gasteiger partial charge in [-0.15, -0.1) is 0 Å². The molecule has 0 radical (unpaired) electrons. The van der Waals surface area contributed by atoms with Crippen LogP contribution < -0.4 is 0 Å². The van der Waals surface area contributed by atoms with E-state index in [0.717, 1.165) is 0 Å². The molecule has 0 aromatic carbocycles. The molecule has 46 heavy (non-hydrogen) atoms. The molecule has 0 rings (SSSR count). The van der Waals surface area contributed by atoms with Gasteiger partial charge in [0.1, 0.15) is 0 Å². The molecule has 2 unspecified atom stereocenters. The zero-order valence-corrected chi connectivity index (χ0v) is 20.0. The van der Waals surface area contributed by atoms with Gasteiger partial charge in [0, 0.05) is 6.08 Å². The normalized spacial score (nSPS) is 17.5. The number of ether oxygens (including phenoxy) is 1. The molecule has 0 aliphatic heterocycles. The molecule has 2 atom stereocenters. The fraction of sp³-hybridized carbons (Fsp3) is 0.824. The molecule has 0 aliphatic rings. The molecule has 0 spiro atoms. The van der Waals surface area contributed by atoms with Crippen molar-refractivity contribution in [2.45, 2.75) is 83.9 Å². The quantitative estimate of drug-likeness (QED) is 0.101. The third kappa shape index (κ3) is 5.32. The third-order valence-corrected chi connectivity index (χ3v) is 5.30. The zero-order valence-electron chi connectivity index (χ0n) is 20.0. The molecule has 0 aromatic heterocycles. The maximum Gasteiger partial charge on any atom is 0.460 e. The first-order chi connectivity index (χ1) is 19.5. The lowest BCUT2D eigenvalue weighted by molar-refractivity contribution is -0.483. The van der Waals surface area contributed by atoms with E-state index in [0.29, 0.717) is 0 Å². The maximum atomic E-state index is 13.7. The Balaban J connectivity index is 7.33. The molecular weight excluding hydrogens is 749 g/mol. The third-order valence-electron chi connectivity index (χ3n) is 5.30. The van der Waals surface area contributed by atoms with Crippen LogP contribution >= 0.6 is 0 Å². The van der Waals surface area contributed by atoms with Gasteiger partial charge in [0.25, 0.3) is 6.36 Å². The van der Waals surface area contributed by atoms with Crippen molar-refractivity contribution in [3.8, 4) is 0 Å². The average molecular weight is 754 g/mol. The number of carbonyl (C=O) groups is 1. The summed E-state index contributed by atoms with van der Waals surface area (Å²) in [6.07, 6.45) is -19.6. The van der Waals surface area contributed by atoms with Gasteiger partial charge in [0.2, 0.25) is 6.17 Å². The Labute approximate surface area is 232 Å². The summed E-state index contributed by atoms with van der Waals surface area (Å²) in [6, 6.07) is 0. The second-order valence-corrected chi connectivity index (χ2v) is 8.26. The molecule has 0 saturated heterocycles. The molecule has 0 fully saturated rings. The summed E-state index contributed by atoms with van der Waals surface area (Å²) in [7, 11) is 0. The Bertz CT molecular complexity index is 1130. The van der Waals surface area contributed by atoms with Crippen LogP contribution in [0, 0.1) is 0 Å². The molecule has 0 heterocycles. The van der Waals surface area contributed by atoms with Gasteiger partial charge in [-0.25, -0.2) is 9.18 Å². The van der Waals surface area contributed by atoms with Crippen molar-refractivity contribution in [2.24, 2.45) is 0 Å². The highest BCUT2D eigenvalue weighted by molar-refractivity contribution is 5.81. The van der Waals surface area contributed by atoms with E-state index in [9.17, 15) is 123 Å². The summed E-state index contributed by atoms with van der Waals surface area (Å²) in [5, 5.41) is 0. The monoisotopic (exact) mass is 754 g/mol. The van der Waals surface area contributed by atoms with Gasteiger partial charge in [-0.3, -0.25) is 0 Å². The standard InChI is InChI=1S/C17H5F27O2/c1-2-3(45)46-5(19)4(18)6(20,21)7(22,23)8(24,25)9(26,27)10(28,29)11(30,31)12(32,33)13(34,35)14(36,37)15(38,39)16(40,41)17(42,43)44/h2,4-5H,1H2. The number of hydrogen-bond acceptors (Lipinski definition) is 2. The zero-order chi connectivity index (χ0) is 38.1. The highest BCUT2D eigenvalue weighted by Gasteiger charge is 2.99. The SMILES string of the molecule is C=CC(=O)OC(F)C(F)C(F)(F)C(F)(F)C(F)(F)C(F)(F)C(F)(F)C(F)(F)C(F)(F)C(F)(F)C(F)(F)C(F)(F)C(F)(F)C(F)(F)F. The Morgan fingerprint density at radius 2 is 0.652 bits per heavy atom. The maximum absolute atomic E-state index is 13.7. The predicted molar refractivity (Wildman–Crippen MR) is 86.6 cm³/mol. The molecule has 0 bridgehead atoms. The number of hydrogen-bond donors (Lipinski definition) is 0. The van der Waals surface area contributed by atoms with Crippen LogP contribution in [-0.4, -0.2) is 89.8 Å². The van der Waals surface area contributed by atoms with Crippen LogP contribution in [-0.2, 0) is 9.53 Å². The van der Waals surface area contributed by atoms with E-state index >= 15 is 0 Å². The minimum absolute atomic E-state index is 0.347. The largest absolute Gasteiger partial charge is 0.460 e. The summed E-state index contributed by atoms with van der Waals surface area (Å²) in [5.74, 6) is -105. The number of esters is 1. The summed E-state index contributed by atoms with van der Waals surface area (Å²) < 4.78 is 362. The van der Waals surface area contributed by atoms with Gasteiger partial charge in [-0.1, -0.05) is 6.58 Å². The van der Waals surface area contributed by atoms with E-state index in [1.54, 1.807) is 0 Å². The minimum atomic E-state index is -9.80. The van der Waals surface area contributed by atoms with Gasteiger partial charge in [0.05, 0.1) is 0 Å². The fourth-order valence-electron chi connectivity index (χ4n) is 2.52. The van der Waals surface area contributed by atoms with E-state index in [1.807, 2.05) is 0 Å². The molecule has 0 saturated carbocycles. The van der Waals surface area contributed by atoms with Crippen LogP contribution in [0.5, 0.6) is 0 Å². The number of rotatable bonds is 14. The van der Waals surface area contributed by atoms with E-state index in [1.165, 1.54) is 0 Å². The van der Waals surface area contributed by atoms with Crippen molar-refractivity contribution in [3.63, 3.8) is 0 Å². The lowest BCUT2D eigenvalue weighted by Crippen LogP contribution is -2.78. The number of carbonyl (C=O) groups excluding carboxylic acids is 1. The van der Waals surface area contributed by atoms with Crippen molar-refractivity contribution >= 4 is 5.97 Å². The second kappa shape index (κ2) is 11.2. The van der Waals surface area contributed by atoms with E-state index < -0.39 is 89.8 Å². The Morgan fingerprint density at radius 1 is 0.435 bits per heavy atom. The summed E-state index contributed by atoms with van der Waals surface area (Å²) in [6.45, 7) is 2.33. The molecule has 2 nitrogen and oxygen atoms in total. The van der Waals surface area contributed by atoms with E-state index in [-0.39, 0.29) is 6.08 Å². The Morgan fingerprint density at radius 3 is 0.870 bits per heavy atom. The molecule has 0 aliphatic carbocycles. The van der Waals surface area contributed by atoms with Crippen molar-refractivity contribution in [2.75, 3.05) is 0 Å². The summed E-state index contributed by atoms with van der Waals surface area (Å²) in [4.78, 5) is 10.6. The van der Waals surface area contributed by atoms with Crippen LogP contribution in [0.2, 0.25) is 0 Å². The smallest absolute Gasteiger partial charge is 0.424 e. The summed E-state index contributed by atoms with van der Waals surface area (Å²) in [5.41, 5.74) is 0. The fourth-order valence-corrected chi connectivity index (χ4v) is 2.52. The van der Waals surface area contributed by atoms with Crippen LogP contribution in [0.25, 0.3) is 0 Å². The van der Waals surface area contributed by atoms with E-state index in [4.69, 9.17) is 0 Å². The molecule has 0 N–H and O–H groups in total. The highest BCUT2D eigenvalue weighted by atomic mass is 19.4. The Kier molecular flexibility index (Phi) is 10.5. The topological polar surface area (TPSA) is 26.3 Å². The predicted octanol–water partition coefficient (Wildman–Crippen LogP) is 8.90. The molecule has 29 heteroatoms. The molecule has 274 valence electrons. The number of halogens is 27. The lowest BCUT2D eigenvalue weighted by atomic mass is 9.84. The lowest BCUT2D eigenvalue weighted by Gasteiger charge is -2.45. The van der Waals surface area contributed by atoms with Crippen molar-refractivity contribution in [1.82, 2.24) is 0 Å². The van der Waals surface area contributed by atoms with Crippen LogP contribution in [0.3, 0.4) is 0 Å². The van der Waals surface area contributed by atoms with Gasteiger partial charge in [0.15, 0.2) is 0 Å². The first kappa shape index (κ1) is 43.3. The van der Waals surface area contributed by atoms with E-state index in [2.05, 4.69) is 11.3 Å². The minimum Gasteiger partial charge on any atom is -0.424 e. The summed E-state index contributed by atoms with van der Waals surface area (Å²) >= 11 is 0.